The van der Waals surface area contributed by atoms with Crippen molar-refractivity contribution in [1.29, 1.82) is 0 Å². The van der Waals surface area contributed by atoms with Gasteiger partial charge in [0.25, 0.3) is 0 Å². The number of hydrogen-bond acceptors (Lipinski definition) is 8. The van der Waals surface area contributed by atoms with Gasteiger partial charge in [-0.05, 0) is 57.5 Å². The molecule has 0 aliphatic carbocycles. The number of esters is 1. The highest BCUT2D eigenvalue weighted by atomic mass is 16.6. The summed E-state index contributed by atoms with van der Waals surface area (Å²) in [5.74, 6) is -0.692. The number of amides is 1. The van der Waals surface area contributed by atoms with E-state index in [4.69, 9.17) is 9.47 Å². The summed E-state index contributed by atoms with van der Waals surface area (Å²) in [6.07, 6.45) is 8.23. The maximum Gasteiger partial charge on any atom is 0.410 e. The van der Waals surface area contributed by atoms with E-state index >= 15 is 0 Å². The highest BCUT2D eigenvalue weighted by molar-refractivity contribution is 5.70. The number of hydrogen-bond donors (Lipinski definition) is 2. The van der Waals surface area contributed by atoms with E-state index in [0.29, 0.717) is 13.1 Å². The van der Waals surface area contributed by atoms with Gasteiger partial charge in [-0.25, -0.2) is 4.79 Å². The molecule has 40 heavy (non-hydrogen) atoms. The maximum absolute atomic E-state index is 13.0. The van der Waals surface area contributed by atoms with Crippen LogP contribution in [0.4, 0.5) is 4.79 Å². The molecule has 2 aliphatic heterocycles. The van der Waals surface area contributed by atoms with Crippen molar-refractivity contribution in [1.82, 2.24) is 14.8 Å². The zero-order valence-corrected chi connectivity index (χ0v) is 24.4. The van der Waals surface area contributed by atoms with Gasteiger partial charge in [0.15, 0.2) is 6.10 Å². The van der Waals surface area contributed by atoms with Gasteiger partial charge in [-0.3, -0.25) is 9.78 Å². The van der Waals surface area contributed by atoms with Gasteiger partial charge in [0.2, 0.25) is 0 Å². The highest BCUT2D eigenvalue weighted by Gasteiger charge is 2.36. The first kappa shape index (κ1) is 31.5. The first-order valence-corrected chi connectivity index (χ1v) is 14.1. The Morgan fingerprint density at radius 1 is 1.25 bits per heavy atom. The van der Waals surface area contributed by atoms with Crippen LogP contribution in [0, 0.1) is 5.92 Å². The molecule has 0 aromatic carbocycles. The van der Waals surface area contributed by atoms with Crippen LogP contribution in [0.25, 0.3) is 0 Å². The Bertz CT molecular complexity index is 1060. The van der Waals surface area contributed by atoms with E-state index in [1.54, 1.807) is 24.1 Å². The molecule has 0 unspecified atom stereocenters. The van der Waals surface area contributed by atoms with E-state index in [0.717, 1.165) is 24.4 Å². The van der Waals surface area contributed by atoms with E-state index in [1.165, 1.54) is 0 Å². The number of carbonyl (C=O) groups excluding carboxylic acids is 2. The third-order valence-corrected chi connectivity index (χ3v) is 7.68. The number of piperazine rings is 1. The fourth-order valence-corrected chi connectivity index (χ4v) is 4.84. The molecule has 9 heteroatoms. The number of rotatable bonds is 5. The molecule has 1 aromatic rings. The van der Waals surface area contributed by atoms with Crippen LogP contribution in [0.1, 0.15) is 58.6 Å². The summed E-state index contributed by atoms with van der Waals surface area (Å²) in [4.78, 5) is 33.9. The van der Waals surface area contributed by atoms with Gasteiger partial charge < -0.3 is 29.5 Å². The Balaban J connectivity index is 1.81. The second kappa shape index (κ2) is 14.6. The normalized spacial score (nSPS) is 30.3. The van der Waals surface area contributed by atoms with E-state index in [-0.39, 0.29) is 31.1 Å². The predicted molar refractivity (Wildman–Crippen MR) is 154 cm³/mol. The zero-order valence-electron chi connectivity index (χ0n) is 24.4. The fraction of sp³-hybridized carbons (Fsp3) is 0.581. The minimum atomic E-state index is -1.44. The molecule has 6 atom stereocenters. The summed E-state index contributed by atoms with van der Waals surface area (Å²) in [5.41, 5.74) is 0.337. The average Bonchev–Trinajstić information content (AvgIpc) is 2.92. The van der Waals surface area contributed by atoms with Crippen LogP contribution in [-0.4, -0.2) is 94.2 Å². The van der Waals surface area contributed by atoms with E-state index in [1.807, 2.05) is 63.4 Å². The van der Waals surface area contributed by atoms with Crippen LogP contribution in [0.3, 0.4) is 0 Å². The van der Waals surface area contributed by atoms with Crippen LogP contribution in [-0.2, 0) is 14.3 Å². The molecule has 0 spiro atoms. The van der Waals surface area contributed by atoms with E-state index in [2.05, 4.69) is 16.8 Å². The summed E-state index contributed by atoms with van der Waals surface area (Å²) >= 11 is 0. The minimum Gasteiger partial charge on any atom is -0.457 e. The lowest BCUT2D eigenvalue weighted by molar-refractivity contribution is -0.151. The maximum atomic E-state index is 13.0. The average molecular weight is 556 g/mol. The molecule has 1 aromatic heterocycles. The Morgan fingerprint density at radius 3 is 2.65 bits per heavy atom. The molecule has 3 rings (SSSR count). The third-order valence-electron chi connectivity index (χ3n) is 7.68. The molecule has 0 radical (unpaired) electrons. The van der Waals surface area contributed by atoms with Crippen molar-refractivity contribution in [3.63, 3.8) is 0 Å². The van der Waals surface area contributed by atoms with Crippen LogP contribution >= 0.6 is 0 Å². The number of carbonyl (C=O) groups is 2. The van der Waals surface area contributed by atoms with Crippen molar-refractivity contribution in [2.45, 2.75) is 76.8 Å². The molecule has 220 valence electrons. The van der Waals surface area contributed by atoms with Gasteiger partial charge >= 0.3 is 12.1 Å². The van der Waals surface area contributed by atoms with Crippen molar-refractivity contribution in [3.05, 3.63) is 66.0 Å². The molecule has 0 bridgehead atoms. The van der Waals surface area contributed by atoms with Gasteiger partial charge in [-0.2, -0.15) is 0 Å². The van der Waals surface area contributed by atoms with Gasteiger partial charge in [0, 0.05) is 49.9 Å². The largest absolute Gasteiger partial charge is 0.457 e. The van der Waals surface area contributed by atoms with Gasteiger partial charge in [-0.15, -0.1) is 0 Å². The lowest BCUT2D eigenvalue weighted by Crippen LogP contribution is -2.50. The van der Waals surface area contributed by atoms with Crippen LogP contribution in [0.15, 0.2) is 60.3 Å². The van der Waals surface area contributed by atoms with Gasteiger partial charge in [0.1, 0.15) is 11.7 Å². The van der Waals surface area contributed by atoms with Crippen molar-refractivity contribution >= 4 is 12.1 Å². The predicted octanol–water partition coefficient (Wildman–Crippen LogP) is 3.84. The van der Waals surface area contributed by atoms with Crippen LogP contribution in [0.5, 0.6) is 0 Å². The standard InChI is InChI=1S/C31H45N3O6/c1-22(26-11-6-7-16-32-26)9-8-10-23(2)29-24(3)12-13-27(39-30(37)34-19-17-33(5)18-20-34)31(4,38)15-14-25(35)21-28(36)40-29/h6-13,16,22,24-25,27,29,35,38H,14-15,17-21H2,1-5H3/b9-8+,13-12?,23-10+/t22-,24+,25-,27+,29-,31-/m1/s1. The van der Waals surface area contributed by atoms with E-state index in [9.17, 15) is 19.8 Å². The number of aromatic nitrogens is 1. The van der Waals surface area contributed by atoms with Crippen LogP contribution < -0.4 is 0 Å². The summed E-state index contributed by atoms with van der Waals surface area (Å²) < 4.78 is 11.7. The smallest absolute Gasteiger partial charge is 0.410 e. The number of ether oxygens (including phenoxy) is 2. The number of likely N-dealkylation sites (N-methyl/N-ethyl adjacent to an activating group) is 1. The van der Waals surface area contributed by atoms with Crippen molar-refractivity contribution in [2.24, 2.45) is 5.92 Å². The third kappa shape index (κ3) is 9.28. The number of aliphatic hydroxyl groups excluding tert-OH is 1. The summed E-state index contributed by atoms with van der Waals surface area (Å²) in [7, 11) is 2.01. The van der Waals surface area contributed by atoms with E-state index < -0.39 is 36.0 Å². The van der Waals surface area contributed by atoms with Gasteiger partial charge in [-0.1, -0.05) is 44.2 Å². The molecule has 2 N–H and O–H groups in total. The molecule has 1 fully saturated rings. The molecular formula is C31H45N3O6. The number of cyclic esters (lactones) is 1. The molecule has 0 saturated carbocycles. The lowest BCUT2D eigenvalue weighted by atomic mass is 9.88. The topological polar surface area (TPSA) is 112 Å². The number of nitrogens with zero attached hydrogens (tertiary/aromatic N) is 3. The van der Waals surface area contributed by atoms with Crippen molar-refractivity contribution in [3.8, 4) is 0 Å². The second-order valence-electron chi connectivity index (χ2n) is 11.3. The second-order valence-corrected chi connectivity index (χ2v) is 11.3. The monoisotopic (exact) mass is 555 g/mol. The summed E-state index contributed by atoms with van der Waals surface area (Å²) in [6, 6.07) is 5.80. The Morgan fingerprint density at radius 2 is 1.98 bits per heavy atom. The number of pyridine rings is 1. The zero-order chi connectivity index (χ0) is 29.3. The Hall–Kier alpha value is -3.01. The molecule has 3 heterocycles. The molecular weight excluding hydrogens is 510 g/mol. The highest BCUT2D eigenvalue weighted by Crippen LogP contribution is 2.27. The fourth-order valence-electron chi connectivity index (χ4n) is 4.84. The Kier molecular flexibility index (Phi) is 11.5. The minimum absolute atomic E-state index is 0.106. The molecule has 2 aliphatic rings. The van der Waals surface area contributed by atoms with Crippen molar-refractivity contribution in [2.75, 3.05) is 33.2 Å². The molecule has 9 nitrogen and oxygen atoms in total. The summed E-state index contributed by atoms with van der Waals surface area (Å²) in [5, 5.41) is 21.8. The van der Waals surface area contributed by atoms with Crippen LogP contribution in [0.2, 0.25) is 0 Å². The number of allylic oxidation sites excluding steroid dienone is 3. The Labute approximate surface area is 238 Å². The summed E-state index contributed by atoms with van der Waals surface area (Å²) in [6.45, 7) is 10.1. The first-order chi connectivity index (χ1) is 19.0. The van der Waals surface area contributed by atoms with Gasteiger partial charge in [0.05, 0.1) is 12.5 Å². The number of aliphatic hydroxyl groups is 2. The van der Waals surface area contributed by atoms with Crippen molar-refractivity contribution < 1.29 is 29.3 Å². The SMILES string of the molecule is C/C(=C\C=C\[C@@H](C)c1ccccn1)[C@H]1OC(=O)C[C@H](O)CC[C@@](C)(O)[C@@H](OC(=O)N2CCN(C)CC2)C=C[C@@H]1C. The molecule has 1 amide bonds. The first-order valence-electron chi connectivity index (χ1n) is 14.1. The lowest BCUT2D eigenvalue weighted by Gasteiger charge is -2.36. The quantitative estimate of drug-likeness (QED) is 0.320. The molecule has 1 saturated heterocycles.